The lowest BCUT2D eigenvalue weighted by atomic mass is 10.0. The van der Waals surface area contributed by atoms with Crippen LogP contribution in [0.15, 0.2) is 78.9 Å². The minimum atomic E-state index is -0.433. The van der Waals surface area contributed by atoms with Crippen molar-refractivity contribution in [1.29, 1.82) is 0 Å². The topological polar surface area (TPSA) is 32.3 Å². The van der Waals surface area contributed by atoms with Gasteiger partial charge in [0.05, 0.1) is 6.54 Å². The summed E-state index contributed by atoms with van der Waals surface area (Å²) < 4.78 is 14.1. The summed E-state index contributed by atoms with van der Waals surface area (Å²) in [6.45, 7) is 0.840. The van der Waals surface area contributed by atoms with Crippen molar-refractivity contribution in [3.8, 4) is 11.1 Å². The molecule has 0 aromatic heterocycles. The molecule has 0 radical (unpaired) electrons. The monoisotopic (exact) mass is 346 g/mol. The van der Waals surface area contributed by atoms with E-state index < -0.39 is 6.17 Å². The highest BCUT2D eigenvalue weighted by molar-refractivity contribution is 5.80. The van der Waals surface area contributed by atoms with Crippen LogP contribution in [0.2, 0.25) is 0 Å². The fourth-order valence-corrected chi connectivity index (χ4v) is 3.35. The van der Waals surface area contributed by atoms with Crippen molar-refractivity contribution < 1.29 is 9.18 Å². The fourth-order valence-electron chi connectivity index (χ4n) is 3.35. The largest absolute Gasteiger partial charge is 0.335 e. The van der Waals surface area contributed by atoms with E-state index in [0.29, 0.717) is 12.1 Å². The second-order valence-corrected chi connectivity index (χ2v) is 6.46. The average molecular weight is 346 g/mol. The summed E-state index contributed by atoms with van der Waals surface area (Å²) in [5.74, 6) is -0.386. The first-order valence-corrected chi connectivity index (χ1v) is 8.63. The molecule has 1 N–H and O–H groups in total. The maximum Gasteiger partial charge on any atom is 0.235 e. The number of carbonyl (C=O) groups excluding carboxylic acids is 1. The Hall–Kier alpha value is -2.98. The summed E-state index contributed by atoms with van der Waals surface area (Å²) in [6.07, 6.45) is -0.433. The maximum absolute atomic E-state index is 14.1. The van der Waals surface area contributed by atoms with E-state index in [1.54, 1.807) is 18.2 Å². The molecule has 1 unspecified atom stereocenters. The van der Waals surface area contributed by atoms with Crippen LogP contribution in [0, 0.1) is 5.82 Å². The normalized spacial score (nSPS) is 17.3. The second-order valence-electron chi connectivity index (χ2n) is 6.46. The maximum atomic E-state index is 14.1. The third kappa shape index (κ3) is 3.37. The molecule has 1 atom stereocenters. The van der Waals surface area contributed by atoms with E-state index >= 15 is 0 Å². The van der Waals surface area contributed by atoms with Gasteiger partial charge >= 0.3 is 0 Å². The number of rotatable bonds is 4. The van der Waals surface area contributed by atoms with E-state index in [1.165, 1.54) is 11.6 Å². The zero-order chi connectivity index (χ0) is 17.9. The summed E-state index contributed by atoms with van der Waals surface area (Å²) >= 11 is 0. The van der Waals surface area contributed by atoms with Crippen LogP contribution in [0.25, 0.3) is 11.1 Å². The highest BCUT2D eigenvalue weighted by Crippen LogP contribution is 2.27. The molecule has 1 aliphatic heterocycles. The lowest BCUT2D eigenvalue weighted by Crippen LogP contribution is -2.28. The zero-order valence-corrected chi connectivity index (χ0v) is 14.2. The van der Waals surface area contributed by atoms with Crippen molar-refractivity contribution in [2.75, 3.05) is 6.54 Å². The minimum Gasteiger partial charge on any atom is -0.335 e. The lowest BCUT2D eigenvalue weighted by Gasteiger charge is -2.24. The molecule has 4 rings (SSSR count). The summed E-state index contributed by atoms with van der Waals surface area (Å²) in [5, 5.41) is 2.87. The first-order valence-electron chi connectivity index (χ1n) is 8.63. The molecule has 3 aromatic rings. The van der Waals surface area contributed by atoms with Gasteiger partial charge in [-0.3, -0.25) is 9.69 Å². The van der Waals surface area contributed by atoms with E-state index in [0.717, 1.165) is 11.1 Å². The predicted molar refractivity (Wildman–Crippen MR) is 99.6 cm³/mol. The Morgan fingerprint density at radius 2 is 1.54 bits per heavy atom. The SMILES string of the molecule is O=C1CN(Cc2ccc(-c3ccccc3)cc2)C(c2ccccc2F)N1. The summed E-state index contributed by atoms with van der Waals surface area (Å²) in [7, 11) is 0. The number of nitrogens with one attached hydrogen (secondary N) is 1. The van der Waals surface area contributed by atoms with Gasteiger partial charge < -0.3 is 5.32 Å². The Morgan fingerprint density at radius 1 is 0.885 bits per heavy atom. The summed E-state index contributed by atoms with van der Waals surface area (Å²) in [4.78, 5) is 13.9. The van der Waals surface area contributed by atoms with E-state index in [2.05, 4.69) is 41.7 Å². The summed E-state index contributed by atoms with van der Waals surface area (Å²) in [6, 6.07) is 25.0. The number of benzene rings is 3. The summed E-state index contributed by atoms with van der Waals surface area (Å²) in [5.41, 5.74) is 3.90. The van der Waals surface area contributed by atoms with Gasteiger partial charge in [-0.1, -0.05) is 72.8 Å². The number of carbonyl (C=O) groups is 1. The predicted octanol–water partition coefficient (Wildman–Crippen LogP) is 4.12. The quantitative estimate of drug-likeness (QED) is 0.771. The van der Waals surface area contributed by atoms with Gasteiger partial charge in [0, 0.05) is 12.1 Å². The van der Waals surface area contributed by atoms with Gasteiger partial charge in [-0.25, -0.2) is 4.39 Å². The number of amides is 1. The van der Waals surface area contributed by atoms with Crippen molar-refractivity contribution >= 4 is 5.91 Å². The van der Waals surface area contributed by atoms with Crippen LogP contribution in [-0.4, -0.2) is 17.4 Å². The Bertz CT molecular complexity index is 909. The van der Waals surface area contributed by atoms with E-state index in [-0.39, 0.29) is 18.3 Å². The van der Waals surface area contributed by atoms with Crippen LogP contribution in [-0.2, 0) is 11.3 Å². The molecule has 26 heavy (non-hydrogen) atoms. The lowest BCUT2D eigenvalue weighted by molar-refractivity contribution is -0.118. The molecular formula is C22H19FN2O. The zero-order valence-electron chi connectivity index (χ0n) is 14.2. The Morgan fingerprint density at radius 3 is 2.27 bits per heavy atom. The number of hydrogen-bond donors (Lipinski definition) is 1. The Kier molecular flexibility index (Phi) is 4.50. The van der Waals surface area contributed by atoms with Crippen LogP contribution in [0.1, 0.15) is 17.3 Å². The molecule has 0 aliphatic carbocycles. The van der Waals surface area contributed by atoms with Gasteiger partial charge in [-0.15, -0.1) is 0 Å². The van der Waals surface area contributed by atoms with Crippen LogP contribution in [0.3, 0.4) is 0 Å². The standard InChI is InChI=1S/C22H19FN2O/c23-20-9-5-4-8-19(20)22-24-21(26)15-25(22)14-16-10-12-18(13-11-16)17-6-2-1-3-7-17/h1-13,22H,14-15H2,(H,24,26). The van der Waals surface area contributed by atoms with Gasteiger partial charge in [-0.05, 0) is 22.8 Å². The van der Waals surface area contributed by atoms with Gasteiger partial charge in [0.1, 0.15) is 12.0 Å². The molecular weight excluding hydrogens is 327 g/mol. The van der Waals surface area contributed by atoms with Crippen molar-refractivity contribution in [3.63, 3.8) is 0 Å². The van der Waals surface area contributed by atoms with Crippen LogP contribution >= 0.6 is 0 Å². The molecule has 0 saturated carbocycles. The second kappa shape index (κ2) is 7.10. The van der Waals surface area contributed by atoms with Crippen LogP contribution in [0.5, 0.6) is 0 Å². The number of hydrogen-bond acceptors (Lipinski definition) is 2. The van der Waals surface area contributed by atoms with Crippen molar-refractivity contribution in [3.05, 3.63) is 95.8 Å². The first-order chi connectivity index (χ1) is 12.7. The molecule has 3 aromatic carbocycles. The van der Waals surface area contributed by atoms with Crippen LogP contribution < -0.4 is 5.32 Å². The van der Waals surface area contributed by atoms with Crippen LogP contribution in [0.4, 0.5) is 4.39 Å². The molecule has 1 fully saturated rings. The van der Waals surface area contributed by atoms with Gasteiger partial charge in [0.25, 0.3) is 0 Å². The van der Waals surface area contributed by atoms with Crippen molar-refractivity contribution in [2.45, 2.75) is 12.7 Å². The Labute approximate surface area is 152 Å². The minimum absolute atomic E-state index is 0.0841. The highest BCUT2D eigenvalue weighted by Gasteiger charge is 2.32. The smallest absolute Gasteiger partial charge is 0.235 e. The molecule has 1 amide bonds. The van der Waals surface area contributed by atoms with E-state index in [9.17, 15) is 9.18 Å². The molecule has 0 bridgehead atoms. The van der Waals surface area contributed by atoms with Gasteiger partial charge in [0.2, 0.25) is 5.91 Å². The third-order valence-electron chi connectivity index (χ3n) is 4.66. The molecule has 4 heteroatoms. The van der Waals surface area contributed by atoms with E-state index in [4.69, 9.17) is 0 Å². The highest BCUT2D eigenvalue weighted by atomic mass is 19.1. The van der Waals surface area contributed by atoms with E-state index in [1.807, 2.05) is 23.1 Å². The number of halogens is 1. The van der Waals surface area contributed by atoms with Gasteiger partial charge in [-0.2, -0.15) is 0 Å². The molecule has 3 nitrogen and oxygen atoms in total. The van der Waals surface area contributed by atoms with Crippen molar-refractivity contribution in [2.24, 2.45) is 0 Å². The van der Waals surface area contributed by atoms with Gasteiger partial charge in [0.15, 0.2) is 0 Å². The Balaban J connectivity index is 1.54. The molecule has 130 valence electrons. The van der Waals surface area contributed by atoms with Crippen molar-refractivity contribution in [1.82, 2.24) is 10.2 Å². The fraction of sp³-hybridized carbons (Fsp3) is 0.136. The molecule has 1 heterocycles. The average Bonchev–Trinajstić information content (AvgIpc) is 3.03. The number of nitrogens with zero attached hydrogens (tertiary/aromatic N) is 1. The first kappa shape index (κ1) is 16.5. The molecule has 1 saturated heterocycles. The third-order valence-corrected chi connectivity index (χ3v) is 4.66. The molecule has 1 aliphatic rings. The molecule has 0 spiro atoms.